The molecule has 0 aliphatic rings. The fourth-order valence-corrected chi connectivity index (χ4v) is 2.98. The van der Waals surface area contributed by atoms with Crippen molar-refractivity contribution >= 4 is 41.3 Å². The summed E-state index contributed by atoms with van der Waals surface area (Å²) in [5.74, 6) is 2.13. The second kappa shape index (κ2) is 13.1. The van der Waals surface area contributed by atoms with E-state index in [4.69, 9.17) is 9.15 Å². The first-order valence-corrected chi connectivity index (χ1v) is 9.63. The number of guanidine groups is 1. The number of hydrogen-bond donors (Lipinski definition) is 2. The third-order valence-electron chi connectivity index (χ3n) is 3.46. The summed E-state index contributed by atoms with van der Waals surface area (Å²) in [6.45, 7) is 9.80. The second-order valence-electron chi connectivity index (χ2n) is 5.93. The van der Waals surface area contributed by atoms with Gasteiger partial charge < -0.3 is 19.8 Å². The average molecular weight is 492 g/mol. The van der Waals surface area contributed by atoms with Gasteiger partial charge in [0.2, 0.25) is 0 Å². The van der Waals surface area contributed by atoms with Gasteiger partial charge in [-0.3, -0.25) is 0 Å². The molecular weight excluding hydrogens is 463 g/mol. The molecule has 0 atom stereocenters. The lowest BCUT2D eigenvalue weighted by Crippen LogP contribution is -2.38. The van der Waals surface area contributed by atoms with E-state index in [1.165, 1.54) is 0 Å². The van der Waals surface area contributed by atoms with Crippen LogP contribution in [0.1, 0.15) is 49.6 Å². The molecule has 0 unspecified atom stereocenters. The Labute approximate surface area is 176 Å². The summed E-state index contributed by atoms with van der Waals surface area (Å²) in [6, 6.07) is 3.78. The molecule has 0 spiro atoms. The highest BCUT2D eigenvalue weighted by atomic mass is 127. The minimum Gasteiger partial charge on any atom is -0.467 e. The smallest absolute Gasteiger partial charge is 0.191 e. The van der Waals surface area contributed by atoms with E-state index in [1.54, 1.807) is 17.6 Å². The Hall–Kier alpha value is -1.13. The lowest BCUT2D eigenvalue weighted by atomic mass is 10.2. The second-order valence-corrected chi connectivity index (χ2v) is 6.87. The molecule has 0 saturated heterocycles. The van der Waals surface area contributed by atoms with Crippen LogP contribution in [0.2, 0.25) is 0 Å². The third kappa shape index (κ3) is 8.50. The zero-order chi connectivity index (χ0) is 17.9. The largest absolute Gasteiger partial charge is 0.467 e. The molecule has 0 aliphatic carbocycles. The number of aliphatic imine (C=N–C) groups is 1. The van der Waals surface area contributed by atoms with E-state index in [1.807, 2.05) is 12.1 Å². The van der Waals surface area contributed by atoms with Gasteiger partial charge in [-0.2, -0.15) is 0 Å². The fraction of sp³-hybridized carbons (Fsp3) is 0.556. The minimum atomic E-state index is 0. The number of thiazole rings is 1. The monoisotopic (exact) mass is 492 g/mol. The standard InChI is InChI=1S/C18H28N4O2S.HI/c1-4-19-18(21-11-17-22-16(13-25-17)14(2)3)20-8-6-9-23-12-15-7-5-10-24-15;/h5,7,10,13-14H,4,6,8-9,11-12H2,1-3H3,(H2,19,20,21);1H. The predicted octanol–water partition coefficient (Wildman–Crippen LogP) is 4.14. The quantitative estimate of drug-likeness (QED) is 0.226. The molecule has 2 N–H and O–H groups in total. The molecule has 6 nitrogen and oxygen atoms in total. The SMILES string of the molecule is CCNC(=NCc1nc(C(C)C)cs1)NCCCOCc1ccco1.I. The van der Waals surface area contributed by atoms with Gasteiger partial charge in [0.15, 0.2) is 5.96 Å². The van der Waals surface area contributed by atoms with Gasteiger partial charge in [0, 0.05) is 25.1 Å². The van der Waals surface area contributed by atoms with Crippen molar-refractivity contribution in [2.24, 2.45) is 4.99 Å². The van der Waals surface area contributed by atoms with Crippen molar-refractivity contribution in [3.05, 3.63) is 40.2 Å². The molecule has 2 aromatic rings. The number of nitrogens with zero attached hydrogens (tertiary/aromatic N) is 2. The van der Waals surface area contributed by atoms with Gasteiger partial charge in [0.05, 0.1) is 18.5 Å². The zero-order valence-electron chi connectivity index (χ0n) is 15.7. The van der Waals surface area contributed by atoms with Gasteiger partial charge in [-0.05, 0) is 31.4 Å². The molecule has 26 heavy (non-hydrogen) atoms. The van der Waals surface area contributed by atoms with Crippen molar-refractivity contribution in [1.82, 2.24) is 15.6 Å². The van der Waals surface area contributed by atoms with Crippen molar-refractivity contribution in [1.29, 1.82) is 0 Å². The van der Waals surface area contributed by atoms with Crippen molar-refractivity contribution in [2.75, 3.05) is 19.7 Å². The van der Waals surface area contributed by atoms with Crippen LogP contribution in [-0.4, -0.2) is 30.6 Å². The highest BCUT2D eigenvalue weighted by molar-refractivity contribution is 14.0. The highest BCUT2D eigenvalue weighted by Crippen LogP contribution is 2.18. The summed E-state index contributed by atoms with van der Waals surface area (Å²) >= 11 is 1.67. The van der Waals surface area contributed by atoms with Gasteiger partial charge in [0.1, 0.15) is 17.4 Å². The number of ether oxygens (including phenoxy) is 1. The molecule has 0 radical (unpaired) electrons. The lowest BCUT2D eigenvalue weighted by Gasteiger charge is -2.11. The van der Waals surface area contributed by atoms with E-state index in [0.717, 1.165) is 41.9 Å². The lowest BCUT2D eigenvalue weighted by molar-refractivity contribution is 0.105. The van der Waals surface area contributed by atoms with Crippen molar-refractivity contribution < 1.29 is 9.15 Å². The Bertz CT molecular complexity index is 629. The summed E-state index contributed by atoms with van der Waals surface area (Å²) < 4.78 is 10.8. The Morgan fingerprint density at radius 2 is 2.23 bits per heavy atom. The number of hydrogen-bond acceptors (Lipinski definition) is 5. The van der Waals surface area contributed by atoms with Crippen LogP contribution >= 0.6 is 35.3 Å². The van der Waals surface area contributed by atoms with Crippen molar-refractivity contribution in [2.45, 2.75) is 46.3 Å². The number of nitrogens with one attached hydrogen (secondary N) is 2. The van der Waals surface area contributed by atoms with Gasteiger partial charge in [0.25, 0.3) is 0 Å². The van der Waals surface area contributed by atoms with Crippen LogP contribution in [-0.2, 0) is 17.9 Å². The van der Waals surface area contributed by atoms with E-state index in [0.29, 0.717) is 25.7 Å². The van der Waals surface area contributed by atoms with E-state index >= 15 is 0 Å². The van der Waals surface area contributed by atoms with E-state index in [2.05, 4.69) is 46.8 Å². The van der Waals surface area contributed by atoms with E-state index < -0.39 is 0 Å². The Morgan fingerprint density at radius 1 is 1.38 bits per heavy atom. The maximum absolute atomic E-state index is 5.57. The first kappa shape index (κ1) is 22.9. The normalized spacial score (nSPS) is 11.5. The average Bonchev–Trinajstić information content (AvgIpc) is 3.27. The van der Waals surface area contributed by atoms with Gasteiger partial charge in [-0.25, -0.2) is 9.98 Å². The summed E-state index contributed by atoms with van der Waals surface area (Å²) in [4.78, 5) is 9.22. The highest BCUT2D eigenvalue weighted by Gasteiger charge is 2.05. The van der Waals surface area contributed by atoms with Crippen molar-refractivity contribution in [3.8, 4) is 0 Å². The molecule has 0 aromatic carbocycles. The first-order chi connectivity index (χ1) is 12.2. The van der Waals surface area contributed by atoms with Gasteiger partial charge >= 0.3 is 0 Å². The number of aromatic nitrogens is 1. The Balaban J connectivity index is 0.00000338. The predicted molar refractivity (Wildman–Crippen MR) is 117 cm³/mol. The minimum absolute atomic E-state index is 0. The molecule has 8 heteroatoms. The molecule has 0 bridgehead atoms. The maximum Gasteiger partial charge on any atom is 0.191 e. The number of halogens is 1. The van der Waals surface area contributed by atoms with Crippen LogP contribution in [0.25, 0.3) is 0 Å². The van der Waals surface area contributed by atoms with Crippen LogP contribution in [0.4, 0.5) is 0 Å². The van der Waals surface area contributed by atoms with Crippen LogP contribution in [0, 0.1) is 0 Å². The zero-order valence-corrected chi connectivity index (χ0v) is 18.8. The molecule has 0 fully saturated rings. The third-order valence-corrected chi connectivity index (χ3v) is 4.31. The molecule has 2 rings (SSSR count). The molecular formula is C18H29IN4O2S. The molecule has 146 valence electrons. The van der Waals surface area contributed by atoms with Crippen LogP contribution in [0.5, 0.6) is 0 Å². The molecule has 2 aromatic heterocycles. The van der Waals surface area contributed by atoms with E-state index in [9.17, 15) is 0 Å². The summed E-state index contributed by atoms with van der Waals surface area (Å²) in [5, 5.41) is 9.74. The van der Waals surface area contributed by atoms with Gasteiger partial charge in [-0.15, -0.1) is 35.3 Å². The topological polar surface area (TPSA) is 71.7 Å². The van der Waals surface area contributed by atoms with Crippen molar-refractivity contribution in [3.63, 3.8) is 0 Å². The van der Waals surface area contributed by atoms with Crippen LogP contribution in [0.3, 0.4) is 0 Å². The van der Waals surface area contributed by atoms with Crippen LogP contribution < -0.4 is 10.6 Å². The number of rotatable bonds is 10. The van der Waals surface area contributed by atoms with Gasteiger partial charge in [-0.1, -0.05) is 13.8 Å². The summed E-state index contributed by atoms with van der Waals surface area (Å²) in [6.07, 6.45) is 2.56. The van der Waals surface area contributed by atoms with E-state index in [-0.39, 0.29) is 24.0 Å². The first-order valence-electron chi connectivity index (χ1n) is 8.75. The molecule has 0 saturated carbocycles. The number of furan rings is 1. The maximum atomic E-state index is 5.57. The molecule has 0 amide bonds. The van der Waals surface area contributed by atoms with Crippen LogP contribution in [0.15, 0.2) is 33.2 Å². The fourth-order valence-electron chi connectivity index (χ4n) is 2.10. The Morgan fingerprint density at radius 3 is 2.88 bits per heavy atom. The molecule has 0 aliphatic heterocycles. The summed E-state index contributed by atoms with van der Waals surface area (Å²) in [7, 11) is 0. The molecule has 2 heterocycles. The summed E-state index contributed by atoms with van der Waals surface area (Å²) in [5.41, 5.74) is 1.14. The Kier molecular flexibility index (Phi) is 11.5.